The Hall–Kier alpha value is -1.47. The van der Waals surface area contributed by atoms with Gasteiger partial charge in [-0.25, -0.2) is 8.42 Å². The third kappa shape index (κ3) is 2.43. The van der Waals surface area contributed by atoms with Gasteiger partial charge in [-0.1, -0.05) is 41.5 Å². The molecule has 0 saturated carbocycles. The molecule has 1 heterocycles. The van der Waals surface area contributed by atoms with Crippen molar-refractivity contribution in [2.45, 2.75) is 11.8 Å². The third-order valence-electron chi connectivity index (χ3n) is 3.05. The van der Waals surface area contributed by atoms with Crippen molar-refractivity contribution < 1.29 is 27.3 Å². The molecular weight excluding hydrogens is 265 g/mol. The van der Waals surface area contributed by atoms with Gasteiger partial charge in [-0.15, -0.1) is 12.1 Å². The molecule has 0 aliphatic carbocycles. The molecule has 0 aliphatic heterocycles. The average Bonchev–Trinajstić information content (AvgIpc) is 2.83. The molecule has 0 spiro atoms. The van der Waals surface area contributed by atoms with E-state index in [9.17, 15) is 8.42 Å². The molecule has 2 aromatic carbocycles. The summed E-state index contributed by atoms with van der Waals surface area (Å²) in [5.74, 6) is 0. The number of hydrogen-bond acceptors (Lipinski definition) is 2. The Morgan fingerprint density at radius 2 is 1.65 bits per heavy atom. The summed E-state index contributed by atoms with van der Waals surface area (Å²) >= 11 is 0. The quantitative estimate of drug-likeness (QED) is 0.488. The maximum absolute atomic E-state index is 12.6. The SMILES string of the molecule is Cc1ccc(S(=O)(=O)n2[c-]cc3ccccc32)cc1.[Li+]. The zero-order valence-electron chi connectivity index (χ0n) is 11.4. The number of hydrogen-bond donors (Lipinski definition) is 0. The van der Waals surface area contributed by atoms with Crippen LogP contribution in [0.3, 0.4) is 0 Å². The van der Waals surface area contributed by atoms with Gasteiger partial charge in [0.1, 0.15) is 0 Å². The summed E-state index contributed by atoms with van der Waals surface area (Å²) < 4.78 is 26.3. The van der Waals surface area contributed by atoms with Crippen LogP contribution in [0.15, 0.2) is 59.5 Å². The van der Waals surface area contributed by atoms with Crippen LogP contribution in [0.4, 0.5) is 0 Å². The second-order valence-corrected chi connectivity index (χ2v) is 6.20. The fourth-order valence-corrected chi connectivity index (χ4v) is 3.31. The number of benzene rings is 2. The number of fused-ring (bicyclic) bond motifs is 1. The Labute approximate surface area is 130 Å². The Morgan fingerprint density at radius 1 is 1.00 bits per heavy atom. The van der Waals surface area contributed by atoms with Crippen molar-refractivity contribution in [3.05, 3.63) is 66.4 Å². The van der Waals surface area contributed by atoms with Crippen LogP contribution < -0.4 is 18.9 Å². The van der Waals surface area contributed by atoms with Crippen LogP contribution in [0.5, 0.6) is 0 Å². The van der Waals surface area contributed by atoms with Crippen molar-refractivity contribution in [1.82, 2.24) is 3.97 Å². The van der Waals surface area contributed by atoms with Gasteiger partial charge in [0, 0.05) is 0 Å². The topological polar surface area (TPSA) is 39.1 Å². The standard InChI is InChI=1S/C15H12NO2S.Li/c1-12-6-8-14(9-7-12)19(17,18)16-11-10-13-4-2-3-5-15(13)16;/h2-10H,1H3;/q-1;+1. The number of rotatable bonds is 2. The van der Waals surface area contributed by atoms with Gasteiger partial charge in [0.05, 0.1) is 4.90 Å². The first-order valence-corrected chi connectivity index (χ1v) is 7.33. The van der Waals surface area contributed by atoms with Crippen LogP contribution in [0.25, 0.3) is 10.9 Å². The molecule has 5 heteroatoms. The molecule has 20 heavy (non-hydrogen) atoms. The molecule has 1 aromatic heterocycles. The first-order chi connectivity index (χ1) is 9.09. The molecule has 0 aliphatic rings. The fourth-order valence-electron chi connectivity index (χ4n) is 2.01. The van der Waals surface area contributed by atoms with Gasteiger partial charge in [0.25, 0.3) is 0 Å². The van der Waals surface area contributed by atoms with Crippen molar-refractivity contribution in [2.75, 3.05) is 0 Å². The Morgan fingerprint density at radius 3 is 2.35 bits per heavy atom. The molecule has 0 N–H and O–H groups in total. The van der Waals surface area contributed by atoms with E-state index in [1.807, 2.05) is 25.1 Å². The first-order valence-electron chi connectivity index (χ1n) is 5.89. The van der Waals surface area contributed by atoms with Gasteiger partial charge in [-0.05, 0) is 19.1 Å². The number of aromatic nitrogens is 1. The maximum atomic E-state index is 12.6. The summed E-state index contributed by atoms with van der Waals surface area (Å²) in [6.45, 7) is 1.92. The van der Waals surface area contributed by atoms with Gasteiger partial charge in [-0.2, -0.15) is 11.5 Å². The smallest absolute Gasteiger partial charge is 0.360 e. The largest absolute Gasteiger partial charge is 1.00 e. The van der Waals surface area contributed by atoms with E-state index in [0.717, 1.165) is 10.9 Å². The summed E-state index contributed by atoms with van der Waals surface area (Å²) in [6, 6.07) is 15.8. The zero-order valence-corrected chi connectivity index (χ0v) is 12.2. The van der Waals surface area contributed by atoms with Crippen LogP contribution in [0.2, 0.25) is 0 Å². The van der Waals surface area contributed by atoms with E-state index in [0.29, 0.717) is 5.52 Å². The van der Waals surface area contributed by atoms with Crippen LogP contribution >= 0.6 is 0 Å². The Balaban J connectivity index is 0.00000147. The predicted octanol–water partition coefficient (Wildman–Crippen LogP) is -0.00909. The zero-order chi connectivity index (χ0) is 13.5. The van der Waals surface area contributed by atoms with E-state index in [4.69, 9.17) is 0 Å². The van der Waals surface area contributed by atoms with Crippen molar-refractivity contribution in [3.8, 4) is 0 Å². The molecule has 0 fully saturated rings. The van der Waals surface area contributed by atoms with Gasteiger partial charge >= 0.3 is 18.9 Å². The van der Waals surface area contributed by atoms with Gasteiger partial charge < -0.3 is 3.97 Å². The monoisotopic (exact) mass is 277 g/mol. The maximum Gasteiger partial charge on any atom is 1.00 e. The minimum Gasteiger partial charge on any atom is -0.360 e. The minimum atomic E-state index is -3.58. The molecule has 3 rings (SSSR count). The van der Waals surface area contributed by atoms with Crippen LogP contribution in [0.1, 0.15) is 5.56 Å². The molecule has 0 saturated heterocycles. The molecule has 0 unspecified atom stereocenters. The van der Waals surface area contributed by atoms with Gasteiger partial charge in [0.2, 0.25) is 10.0 Å². The van der Waals surface area contributed by atoms with E-state index in [1.54, 1.807) is 36.4 Å². The van der Waals surface area contributed by atoms with E-state index < -0.39 is 10.0 Å². The molecule has 3 nitrogen and oxygen atoms in total. The summed E-state index contributed by atoms with van der Waals surface area (Å²) in [6.07, 6.45) is 2.80. The molecule has 0 bridgehead atoms. The molecule has 0 radical (unpaired) electrons. The van der Waals surface area contributed by atoms with E-state index >= 15 is 0 Å². The third-order valence-corrected chi connectivity index (χ3v) is 4.70. The van der Waals surface area contributed by atoms with Gasteiger partial charge in [-0.3, -0.25) is 0 Å². The summed E-state index contributed by atoms with van der Waals surface area (Å²) in [7, 11) is -3.58. The molecule has 0 atom stereocenters. The molecule has 3 aromatic rings. The first kappa shape index (κ1) is 14.9. The van der Waals surface area contributed by atoms with Gasteiger partial charge in [0.15, 0.2) is 0 Å². The van der Waals surface area contributed by atoms with E-state index in [2.05, 4.69) is 6.20 Å². The summed E-state index contributed by atoms with van der Waals surface area (Å²) in [5, 5.41) is 0.859. The average molecular weight is 277 g/mol. The Bertz CT molecular complexity index is 836. The molecular formula is C15H12LiNO2S. The van der Waals surface area contributed by atoms with Crippen LogP contribution in [-0.4, -0.2) is 12.4 Å². The van der Waals surface area contributed by atoms with Crippen molar-refractivity contribution >= 4 is 20.9 Å². The Kier molecular flexibility index (Phi) is 4.10. The summed E-state index contributed by atoms with van der Waals surface area (Å²) in [5.41, 5.74) is 1.67. The van der Waals surface area contributed by atoms with Crippen molar-refractivity contribution in [1.29, 1.82) is 0 Å². The fraction of sp³-hybridized carbons (Fsp3) is 0.0667. The summed E-state index contributed by atoms with van der Waals surface area (Å²) in [4.78, 5) is 0.274. The van der Waals surface area contributed by atoms with Crippen LogP contribution in [-0.2, 0) is 10.0 Å². The molecule has 0 amide bonds. The normalized spacial score (nSPS) is 11.2. The number of aryl methyl sites for hydroxylation is 1. The second kappa shape index (κ2) is 5.49. The second-order valence-electron chi connectivity index (χ2n) is 4.41. The van der Waals surface area contributed by atoms with E-state index in [1.165, 1.54) is 3.97 Å². The number of nitrogens with zero attached hydrogens (tertiary/aromatic N) is 1. The molecule has 96 valence electrons. The minimum absolute atomic E-state index is 0. The van der Waals surface area contributed by atoms with E-state index in [-0.39, 0.29) is 23.8 Å². The number of para-hydroxylation sites is 1. The predicted molar refractivity (Wildman–Crippen MR) is 74.5 cm³/mol. The van der Waals surface area contributed by atoms with Crippen molar-refractivity contribution in [3.63, 3.8) is 0 Å². The van der Waals surface area contributed by atoms with Crippen LogP contribution in [0, 0.1) is 13.1 Å². The van der Waals surface area contributed by atoms with Crippen molar-refractivity contribution in [2.24, 2.45) is 0 Å².